The highest BCUT2D eigenvalue weighted by molar-refractivity contribution is 7.89. The summed E-state index contributed by atoms with van der Waals surface area (Å²) in [4.78, 5) is 0.305. The van der Waals surface area contributed by atoms with Crippen LogP contribution < -0.4 is 14.2 Å². The van der Waals surface area contributed by atoms with Crippen molar-refractivity contribution in [3.05, 3.63) is 53.1 Å². The Kier molecular flexibility index (Phi) is 6.08. The predicted octanol–water partition coefficient (Wildman–Crippen LogP) is 3.58. The lowest BCUT2D eigenvalue weighted by Gasteiger charge is -2.15. The van der Waals surface area contributed by atoms with Crippen molar-refractivity contribution in [2.24, 2.45) is 0 Å². The molecule has 0 saturated carbocycles. The van der Waals surface area contributed by atoms with Crippen LogP contribution in [0.5, 0.6) is 11.5 Å². The molecular formula is C19H25NO4S. The minimum atomic E-state index is -3.58. The Bertz CT molecular complexity index is 844. The van der Waals surface area contributed by atoms with Crippen molar-refractivity contribution in [1.82, 2.24) is 4.72 Å². The molecule has 2 aromatic rings. The molecule has 25 heavy (non-hydrogen) atoms. The van der Waals surface area contributed by atoms with Gasteiger partial charge in [0.25, 0.3) is 0 Å². The third-order valence-corrected chi connectivity index (χ3v) is 5.23. The topological polar surface area (TPSA) is 64.6 Å². The van der Waals surface area contributed by atoms with Crippen LogP contribution in [0, 0.1) is 13.8 Å². The number of hydrogen-bond donors (Lipinski definition) is 1. The number of benzene rings is 2. The molecule has 0 aliphatic rings. The van der Waals surface area contributed by atoms with E-state index >= 15 is 0 Å². The monoisotopic (exact) mass is 363 g/mol. The van der Waals surface area contributed by atoms with Gasteiger partial charge >= 0.3 is 0 Å². The average Bonchev–Trinajstić information content (AvgIpc) is 2.55. The van der Waals surface area contributed by atoms with E-state index in [1.807, 2.05) is 39.0 Å². The summed E-state index contributed by atoms with van der Waals surface area (Å²) in [5.74, 6) is 1.22. The minimum absolute atomic E-state index is 0.0301. The van der Waals surface area contributed by atoms with Gasteiger partial charge in [0.1, 0.15) is 0 Å². The predicted molar refractivity (Wildman–Crippen MR) is 98.7 cm³/mol. The lowest BCUT2D eigenvalue weighted by Crippen LogP contribution is -2.24. The molecule has 0 unspecified atom stereocenters. The van der Waals surface area contributed by atoms with Crippen molar-refractivity contribution in [3.63, 3.8) is 0 Å². The number of sulfonamides is 1. The molecule has 0 heterocycles. The van der Waals surface area contributed by atoms with Crippen LogP contribution >= 0.6 is 0 Å². The van der Waals surface area contributed by atoms with Gasteiger partial charge in [-0.3, -0.25) is 0 Å². The molecule has 0 aliphatic heterocycles. The maximum absolute atomic E-state index is 12.6. The zero-order valence-corrected chi connectivity index (χ0v) is 16.1. The standard InChI is InChI=1S/C19H25NO4S/c1-13(2)24-17-9-8-16(11-18(17)23-5)12-20-25(21,22)19-10-14(3)6-7-15(19)4/h6-11,13,20H,12H2,1-5H3. The van der Waals surface area contributed by atoms with Gasteiger partial charge in [-0.25, -0.2) is 13.1 Å². The molecule has 0 fully saturated rings. The summed E-state index contributed by atoms with van der Waals surface area (Å²) >= 11 is 0. The Balaban J connectivity index is 2.19. The Morgan fingerprint density at radius 2 is 1.76 bits per heavy atom. The molecule has 0 bridgehead atoms. The Hall–Kier alpha value is -2.05. The number of hydrogen-bond acceptors (Lipinski definition) is 4. The summed E-state index contributed by atoms with van der Waals surface area (Å²) in [5, 5.41) is 0. The third kappa shape index (κ3) is 4.96. The normalized spacial score (nSPS) is 11.6. The fourth-order valence-electron chi connectivity index (χ4n) is 2.43. The number of ether oxygens (including phenoxy) is 2. The van der Waals surface area contributed by atoms with Crippen LogP contribution in [0.1, 0.15) is 30.5 Å². The third-order valence-electron chi connectivity index (χ3n) is 3.69. The van der Waals surface area contributed by atoms with E-state index in [-0.39, 0.29) is 12.6 Å². The highest BCUT2D eigenvalue weighted by Crippen LogP contribution is 2.29. The molecular weight excluding hydrogens is 338 g/mol. The molecule has 2 rings (SSSR count). The van der Waals surface area contributed by atoms with E-state index in [9.17, 15) is 8.42 Å². The Morgan fingerprint density at radius 1 is 1.04 bits per heavy atom. The van der Waals surface area contributed by atoms with Crippen LogP contribution in [-0.4, -0.2) is 21.6 Å². The minimum Gasteiger partial charge on any atom is -0.493 e. The number of methoxy groups -OCH3 is 1. The van der Waals surface area contributed by atoms with E-state index in [2.05, 4.69) is 4.72 Å². The first-order chi connectivity index (χ1) is 11.7. The Labute approximate surface area is 150 Å². The summed E-state index contributed by atoms with van der Waals surface area (Å²) in [7, 11) is -2.02. The van der Waals surface area contributed by atoms with E-state index in [4.69, 9.17) is 9.47 Å². The Morgan fingerprint density at radius 3 is 2.40 bits per heavy atom. The zero-order valence-electron chi connectivity index (χ0n) is 15.3. The SMILES string of the molecule is COc1cc(CNS(=O)(=O)c2cc(C)ccc2C)ccc1OC(C)C. The molecule has 0 saturated heterocycles. The van der Waals surface area contributed by atoms with Crippen LogP contribution in [0.25, 0.3) is 0 Å². The number of rotatable bonds is 7. The number of aryl methyl sites for hydroxylation is 2. The van der Waals surface area contributed by atoms with E-state index < -0.39 is 10.0 Å². The van der Waals surface area contributed by atoms with Crippen LogP contribution in [-0.2, 0) is 16.6 Å². The first-order valence-electron chi connectivity index (χ1n) is 8.13. The highest BCUT2D eigenvalue weighted by Gasteiger charge is 2.17. The molecule has 6 heteroatoms. The molecule has 136 valence electrons. The van der Waals surface area contributed by atoms with E-state index in [1.54, 1.807) is 32.2 Å². The van der Waals surface area contributed by atoms with Gasteiger partial charge in [-0.1, -0.05) is 18.2 Å². The van der Waals surface area contributed by atoms with Crippen LogP contribution in [0.2, 0.25) is 0 Å². The average molecular weight is 363 g/mol. The maximum Gasteiger partial charge on any atom is 0.241 e. The van der Waals surface area contributed by atoms with Gasteiger partial charge in [0.05, 0.1) is 18.1 Å². The van der Waals surface area contributed by atoms with E-state index in [1.165, 1.54) is 0 Å². The van der Waals surface area contributed by atoms with Crippen molar-refractivity contribution in [2.75, 3.05) is 7.11 Å². The van der Waals surface area contributed by atoms with Gasteiger partial charge in [-0.2, -0.15) is 0 Å². The van der Waals surface area contributed by atoms with Crippen LogP contribution in [0.4, 0.5) is 0 Å². The molecule has 0 atom stereocenters. The largest absolute Gasteiger partial charge is 0.493 e. The van der Waals surface area contributed by atoms with Gasteiger partial charge in [0.2, 0.25) is 10.0 Å². The summed E-state index contributed by atoms with van der Waals surface area (Å²) in [6.45, 7) is 7.71. The maximum atomic E-state index is 12.6. The summed E-state index contributed by atoms with van der Waals surface area (Å²) in [5.41, 5.74) is 2.42. The fraction of sp³-hybridized carbons (Fsp3) is 0.368. The molecule has 0 spiro atoms. The summed E-state index contributed by atoms with van der Waals surface area (Å²) < 4.78 is 38.8. The summed E-state index contributed by atoms with van der Waals surface area (Å²) in [6.07, 6.45) is 0.0301. The first kappa shape index (κ1) is 19.3. The molecule has 0 aliphatic carbocycles. The highest BCUT2D eigenvalue weighted by atomic mass is 32.2. The lowest BCUT2D eigenvalue weighted by molar-refractivity contribution is 0.230. The van der Waals surface area contributed by atoms with Gasteiger partial charge in [0.15, 0.2) is 11.5 Å². The lowest BCUT2D eigenvalue weighted by atomic mass is 10.2. The van der Waals surface area contributed by atoms with Gasteiger partial charge in [0, 0.05) is 6.54 Å². The van der Waals surface area contributed by atoms with Crippen LogP contribution in [0.3, 0.4) is 0 Å². The second-order valence-electron chi connectivity index (χ2n) is 6.25. The fourth-order valence-corrected chi connectivity index (χ4v) is 3.77. The first-order valence-corrected chi connectivity index (χ1v) is 9.61. The van der Waals surface area contributed by atoms with Crippen molar-refractivity contribution < 1.29 is 17.9 Å². The van der Waals surface area contributed by atoms with E-state index in [0.29, 0.717) is 16.4 Å². The van der Waals surface area contributed by atoms with Crippen LogP contribution in [0.15, 0.2) is 41.3 Å². The molecule has 5 nitrogen and oxygen atoms in total. The second kappa shape index (κ2) is 7.89. The van der Waals surface area contributed by atoms with Crippen molar-refractivity contribution in [3.8, 4) is 11.5 Å². The molecule has 0 aromatic heterocycles. The molecule has 1 N–H and O–H groups in total. The van der Waals surface area contributed by atoms with Crippen molar-refractivity contribution in [2.45, 2.75) is 45.2 Å². The van der Waals surface area contributed by atoms with Gasteiger partial charge in [-0.05, 0) is 62.6 Å². The molecule has 2 aromatic carbocycles. The van der Waals surface area contributed by atoms with Crippen molar-refractivity contribution in [1.29, 1.82) is 0 Å². The van der Waals surface area contributed by atoms with E-state index in [0.717, 1.165) is 16.7 Å². The summed E-state index contributed by atoms with van der Waals surface area (Å²) in [6, 6.07) is 10.8. The molecule has 0 radical (unpaired) electrons. The second-order valence-corrected chi connectivity index (χ2v) is 7.98. The zero-order chi connectivity index (χ0) is 18.6. The number of nitrogens with one attached hydrogen (secondary N) is 1. The van der Waals surface area contributed by atoms with Crippen molar-refractivity contribution >= 4 is 10.0 Å². The van der Waals surface area contributed by atoms with Gasteiger partial charge < -0.3 is 9.47 Å². The quantitative estimate of drug-likeness (QED) is 0.817. The van der Waals surface area contributed by atoms with Gasteiger partial charge in [-0.15, -0.1) is 0 Å². The molecule has 0 amide bonds. The smallest absolute Gasteiger partial charge is 0.241 e.